The van der Waals surface area contributed by atoms with Crippen molar-refractivity contribution in [3.8, 4) is 0 Å². The SMILES string of the molecule is COCCN(CCCN)C(=O)c1ccccc1. The van der Waals surface area contributed by atoms with Gasteiger partial charge < -0.3 is 15.4 Å². The van der Waals surface area contributed by atoms with Gasteiger partial charge in [-0.3, -0.25) is 4.79 Å². The topological polar surface area (TPSA) is 55.6 Å². The standard InChI is InChI=1S/C13H20N2O2/c1-17-11-10-15(9-5-8-14)13(16)12-6-3-2-4-7-12/h2-4,6-7H,5,8-11,14H2,1H3. The maximum Gasteiger partial charge on any atom is 0.253 e. The lowest BCUT2D eigenvalue weighted by Crippen LogP contribution is -2.35. The molecule has 0 fully saturated rings. The Bertz CT molecular complexity index is 319. The number of hydrogen-bond donors (Lipinski definition) is 1. The van der Waals surface area contributed by atoms with E-state index in [4.69, 9.17) is 10.5 Å². The number of hydrogen-bond acceptors (Lipinski definition) is 3. The van der Waals surface area contributed by atoms with Gasteiger partial charge in [-0.2, -0.15) is 0 Å². The van der Waals surface area contributed by atoms with Crippen LogP contribution in [0.25, 0.3) is 0 Å². The summed E-state index contributed by atoms with van der Waals surface area (Å²) in [5.74, 6) is 0.0381. The maximum atomic E-state index is 12.2. The van der Waals surface area contributed by atoms with Gasteiger partial charge in [-0.05, 0) is 25.1 Å². The number of benzene rings is 1. The zero-order chi connectivity index (χ0) is 12.5. The summed E-state index contributed by atoms with van der Waals surface area (Å²) in [5.41, 5.74) is 6.18. The van der Waals surface area contributed by atoms with Crippen LogP contribution in [0.5, 0.6) is 0 Å². The van der Waals surface area contributed by atoms with Crippen LogP contribution in [0.15, 0.2) is 30.3 Å². The summed E-state index contributed by atoms with van der Waals surface area (Å²) in [5, 5.41) is 0. The first-order valence-corrected chi connectivity index (χ1v) is 5.83. The Kier molecular flexibility index (Phi) is 6.29. The average molecular weight is 236 g/mol. The molecule has 4 heteroatoms. The largest absolute Gasteiger partial charge is 0.383 e. The number of nitrogens with two attached hydrogens (primary N) is 1. The van der Waals surface area contributed by atoms with Gasteiger partial charge in [-0.25, -0.2) is 0 Å². The first-order valence-electron chi connectivity index (χ1n) is 5.83. The second-order valence-corrected chi connectivity index (χ2v) is 3.79. The third kappa shape index (κ3) is 4.54. The lowest BCUT2D eigenvalue weighted by Gasteiger charge is -2.22. The summed E-state index contributed by atoms with van der Waals surface area (Å²) in [6.45, 7) is 2.41. The van der Waals surface area contributed by atoms with Gasteiger partial charge >= 0.3 is 0 Å². The molecule has 0 saturated heterocycles. The van der Waals surface area contributed by atoms with Crippen molar-refractivity contribution in [2.24, 2.45) is 5.73 Å². The number of carbonyl (C=O) groups excluding carboxylic acids is 1. The molecule has 0 spiro atoms. The quantitative estimate of drug-likeness (QED) is 0.772. The highest BCUT2D eigenvalue weighted by atomic mass is 16.5. The van der Waals surface area contributed by atoms with E-state index in [1.54, 1.807) is 12.0 Å². The van der Waals surface area contributed by atoms with Gasteiger partial charge in [0.1, 0.15) is 0 Å². The predicted molar refractivity (Wildman–Crippen MR) is 67.9 cm³/mol. The molecule has 1 rings (SSSR count). The van der Waals surface area contributed by atoms with Crippen LogP contribution in [0.1, 0.15) is 16.8 Å². The molecule has 0 saturated carbocycles. The molecule has 1 amide bonds. The van der Waals surface area contributed by atoms with Crippen molar-refractivity contribution in [3.63, 3.8) is 0 Å². The minimum Gasteiger partial charge on any atom is -0.383 e. The highest BCUT2D eigenvalue weighted by Crippen LogP contribution is 2.05. The molecule has 0 bridgehead atoms. The van der Waals surface area contributed by atoms with Crippen LogP contribution in [-0.4, -0.2) is 44.2 Å². The molecule has 0 heterocycles. The molecule has 1 aromatic rings. The summed E-state index contributed by atoms with van der Waals surface area (Å²) in [6, 6.07) is 9.28. The smallest absolute Gasteiger partial charge is 0.253 e. The molecular weight excluding hydrogens is 216 g/mol. The van der Waals surface area contributed by atoms with Crippen LogP contribution in [0.4, 0.5) is 0 Å². The number of amides is 1. The fourth-order valence-electron chi connectivity index (χ4n) is 1.56. The zero-order valence-corrected chi connectivity index (χ0v) is 10.3. The van der Waals surface area contributed by atoms with Gasteiger partial charge in [0, 0.05) is 25.8 Å². The first-order chi connectivity index (χ1) is 8.29. The molecule has 17 heavy (non-hydrogen) atoms. The highest BCUT2D eigenvalue weighted by molar-refractivity contribution is 5.94. The second kappa shape index (κ2) is 7.81. The molecule has 1 aromatic carbocycles. The molecule has 4 nitrogen and oxygen atoms in total. The summed E-state index contributed by atoms with van der Waals surface area (Å²) >= 11 is 0. The third-order valence-corrected chi connectivity index (χ3v) is 2.51. The van der Waals surface area contributed by atoms with Gasteiger partial charge in [0.25, 0.3) is 5.91 Å². The normalized spacial score (nSPS) is 10.2. The van der Waals surface area contributed by atoms with Crippen LogP contribution >= 0.6 is 0 Å². The summed E-state index contributed by atoms with van der Waals surface area (Å²) in [4.78, 5) is 14.0. The van der Waals surface area contributed by atoms with Crippen LogP contribution < -0.4 is 5.73 Å². The number of ether oxygens (including phenoxy) is 1. The first kappa shape index (κ1) is 13.7. The molecular formula is C13H20N2O2. The summed E-state index contributed by atoms with van der Waals surface area (Å²) in [6.07, 6.45) is 0.808. The Morgan fingerprint density at radius 2 is 2.00 bits per heavy atom. The number of methoxy groups -OCH3 is 1. The van der Waals surface area contributed by atoms with E-state index in [0.717, 1.165) is 6.42 Å². The van der Waals surface area contributed by atoms with Crippen LogP contribution in [0.2, 0.25) is 0 Å². The van der Waals surface area contributed by atoms with E-state index in [0.29, 0.717) is 31.8 Å². The molecule has 0 unspecified atom stereocenters. The monoisotopic (exact) mass is 236 g/mol. The lowest BCUT2D eigenvalue weighted by molar-refractivity contribution is 0.0694. The predicted octanol–water partition coefficient (Wildman–Crippen LogP) is 1.12. The van der Waals surface area contributed by atoms with E-state index in [9.17, 15) is 4.79 Å². The van der Waals surface area contributed by atoms with Crippen molar-refractivity contribution >= 4 is 5.91 Å². The van der Waals surface area contributed by atoms with E-state index in [2.05, 4.69) is 0 Å². The molecule has 2 N–H and O–H groups in total. The molecule has 0 atom stereocenters. The fourth-order valence-corrected chi connectivity index (χ4v) is 1.56. The van der Waals surface area contributed by atoms with Gasteiger partial charge in [0.2, 0.25) is 0 Å². The van der Waals surface area contributed by atoms with Crippen LogP contribution in [0, 0.1) is 0 Å². The average Bonchev–Trinajstić information content (AvgIpc) is 2.39. The number of rotatable bonds is 7. The fraction of sp³-hybridized carbons (Fsp3) is 0.462. The summed E-state index contributed by atoms with van der Waals surface area (Å²) < 4.78 is 5.01. The Hall–Kier alpha value is -1.39. The van der Waals surface area contributed by atoms with E-state index in [1.165, 1.54) is 0 Å². The van der Waals surface area contributed by atoms with Crippen molar-refractivity contribution < 1.29 is 9.53 Å². The molecule has 94 valence electrons. The molecule has 0 aliphatic heterocycles. The van der Waals surface area contributed by atoms with E-state index < -0.39 is 0 Å². The van der Waals surface area contributed by atoms with Crippen molar-refractivity contribution in [3.05, 3.63) is 35.9 Å². The van der Waals surface area contributed by atoms with Gasteiger partial charge in [-0.1, -0.05) is 18.2 Å². The van der Waals surface area contributed by atoms with E-state index in [1.807, 2.05) is 30.3 Å². The molecule has 0 aliphatic carbocycles. The Labute approximate surface area is 102 Å². The maximum absolute atomic E-state index is 12.2. The minimum absolute atomic E-state index is 0.0381. The van der Waals surface area contributed by atoms with Crippen LogP contribution in [0.3, 0.4) is 0 Å². The van der Waals surface area contributed by atoms with Crippen molar-refractivity contribution in [1.29, 1.82) is 0 Å². The second-order valence-electron chi connectivity index (χ2n) is 3.79. The van der Waals surface area contributed by atoms with Crippen molar-refractivity contribution in [2.45, 2.75) is 6.42 Å². The highest BCUT2D eigenvalue weighted by Gasteiger charge is 2.14. The minimum atomic E-state index is 0.0381. The Morgan fingerprint density at radius 3 is 2.59 bits per heavy atom. The molecule has 0 aromatic heterocycles. The van der Waals surface area contributed by atoms with Crippen LogP contribution in [-0.2, 0) is 4.74 Å². The van der Waals surface area contributed by atoms with Crippen molar-refractivity contribution in [2.75, 3.05) is 33.4 Å². The summed E-state index contributed by atoms with van der Waals surface area (Å²) in [7, 11) is 1.63. The Morgan fingerprint density at radius 1 is 1.29 bits per heavy atom. The zero-order valence-electron chi connectivity index (χ0n) is 10.3. The van der Waals surface area contributed by atoms with Gasteiger partial charge in [0.05, 0.1) is 6.61 Å². The van der Waals surface area contributed by atoms with Gasteiger partial charge in [-0.15, -0.1) is 0 Å². The number of nitrogens with zero attached hydrogens (tertiary/aromatic N) is 1. The van der Waals surface area contributed by atoms with Crippen molar-refractivity contribution in [1.82, 2.24) is 4.90 Å². The lowest BCUT2D eigenvalue weighted by atomic mass is 10.2. The molecule has 0 aliphatic rings. The molecule has 0 radical (unpaired) electrons. The Balaban J connectivity index is 2.64. The van der Waals surface area contributed by atoms with E-state index >= 15 is 0 Å². The van der Waals surface area contributed by atoms with E-state index in [-0.39, 0.29) is 5.91 Å². The van der Waals surface area contributed by atoms with Gasteiger partial charge in [0.15, 0.2) is 0 Å². The number of carbonyl (C=O) groups is 1. The third-order valence-electron chi connectivity index (χ3n) is 2.51.